The Labute approximate surface area is 155 Å². The normalized spacial score (nSPS) is 16.1. The lowest BCUT2D eigenvalue weighted by Crippen LogP contribution is -2.31. The predicted octanol–water partition coefficient (Wildman–Crippen LogP) is 4.72. The van der Waals surface area contributed by atoms with Crippen molar-refractivity contribution in [3.63, 3.8) is 0 Å². The van der Waals surface area contributed by atoms with E-state index in [0.29, 0.717) is 6.04 Å². The van der Waals surface area contributed by atoms with Crippen molar-refractivity contribution in [2.75, 3.05) is 13.7 Å². The molecule has 1 atom stereocenters. The summed E-state index contributed by atoms with van der Waals surface area (Å²) >= 11 is 0. The van der Waals surface area contributed by atoms with Crippen molar-refractivity contribution in [2.45, 2.75) is 25.3 Å². The second-order valence-corrected chi connectivity index (χ2v) is 6.96. The van der Waals surface area contributed by atoms with Gasteiger partial charge >= 0.3 is 0 Å². The van der Waals surface area contributed by atoms with Gasteiger partial charge in [-0.25, -0.2) is 0 Å². The zero-order chi connectivity index (χ0) is 17.8. The summed E-state index contributed by atoms with van der Waals surface area (Å²) in [5.41, 5.74) is 7.00. The molecule has 1 N–H and O–H groups in total. The van der Waals surface area contributed by atoms with Crippen LogP contribution in [-0.2, 0) is 19.3 Å². The summed E-state index contributed by atoms with van der Waals surface area (Å²) in [5.74, 6) is 0.927. The van der Waals surface area contributed by atoms with Crippen LogP contribution in [0.2, 0.25) is 0 Å². The number of rotatable bonds is 5. The minimum atomic E-state index is 0.378. The van der Waals surface area contributed by atoms with Crippen molar-refractivity contribution in [3.8, 4) is 5.75 Å². The topological polar surface area (TPSA) is 21.3 Å². The van der Waals surface area contributed by atoms with Crippen LogP contribution >= 0.6 is 0 Å². The average molecular weight is 343 g/mol. The van der Waals surface area contributed by atoms with Crippen molar-refractivity contribution in [1.29, 1.82) is 0 Å². The molecule has 0 saturated carbocycles. The molecule has 132 valence electrons. The predicted molar refractivity (Wildman–Crippen MR) is 107 cm³/mol. The maximum atomic E-state index is 5.48. The molecule has 0 saturated heterocycles. The molecule has 0 fully saturated rings. The van der Waals surface area contributed by atoms with Gasteiger partial charge in [0.25, 0.3) is 0 Å². The van der Waals surface area contributed by atoms with Crippen LogP contribution in [0.1, 0.15) is 33.9 Å². The first-order chi connectivity index (χ1) is 12.8. The zero-order valence-corrected chi connectivity index (χ0v) is 15.2. The maximum absolute atomic E-state index is 5.48. The van der Waals surface area contributed by atoms with Crippen LogP contribution in [-0.4, -0.2) is 13.7 Å². The molecule has 1 aliphatic heterocycles. The van der Waals surface area contributed by atoms with Crippen LogP contribution < -0.4 is 10.1 Å². The van der Waals surface area contributed by atoms with E-state index in [1.54, 1.807) is 7.11 Å². The van der Waals surface area contributed by atoms with Crippen LogP contribution in [0.3, 0.4) is 0 Å². The summed E-state index contributed by atoms with van der Waals surface area (Å²) in [5, 5.41) is 3.71. The van der Waals surface area contributed by atoms with Gasteiger partial charge in [0.05, 0.1) is 7.11 Å². The van der Waals surface area contributed by atoms with Gasteiger partial charge in [0.15, 0.2) is 0 Å². The van der Waals surface area contributed by atoms with E-state index in [0.717, 1.165) is 31.6 Å². The van der Waals surface area contributed by atoms with E-state index in [9.17, 15) is 0 Å². The molecule has 26 heavy (non-hydrogen) atoms. The Kier molecular flexibility index (Phi) is 5.03. The Morgan fingerprint density at radius 3 is 2.58 bits per heavy atom. The highest BCUT2D eigenvalue weighted by atomic mass is 16.5. The lowest BCUT2D eigenvalue weighted by molar-refractivity contribution is 0.414. The fraction of sp³-hybridized carbons (Fsp3) is 0.250. The molecular weight excluding hydrogens is 318 g/mol. The molecule has 0 aliphatic carbocycles. The summed E-state index contributed by atoms with van der Waals surface area (Å²) in [6.07, 6.45) is 3.05. The molecule has 0 bridgehead atoms. The third-order valence-electron chi connectivity index (χ3n) is 5.29. The molecule has 1 aliphatic rings. The molecule has 0 amide bonds. The fourth-order valence-corrected chi connectivity index (χ4v) is 3.90. The van der Waals surface area contributed by atoms with Gasteiger partial charge in [0.2, 0.25) is 0 Å². The SMILES string of the molecule is COc1ccc(CC2NCCc3ccccc32)c(Cc2ccccc2)c1. The third kappa shape index (κ3) is 3.66. The van der Waals surface area contributed by atoms with E-state index < -0.39 is 0 Å². The van der Waals surface area contributed by atoms with Crippen LogP contribution in [0, 0.1) is 0 Å². The Hall–Kier alpha value is -2.58. The van der Waals surface area contributed by atoms with Gasteiger partial charge in [-0.1, -0.05) is 60.7 Å². The second-order valence-electron chi connectivity index (χ2n) is 6.96. The van der Waals surface area contributed by atoms with E-state index in [4.69, 9.17) is 4.74 Å². The molecule has 2 heteroatoms. The first-order valence-electron chi connectivity index (χ1n) is 9.34. The molecular formula is C24H25NO. The molecule has 3 aromatic carbocycles. The summed E-state index contributed by atoms with van der Waals surface area (Å²) in [7, 11) is 1.74. The quantitative estimate of drug-likeness (QED) is 0.724. The number of ether oxygens (including phenoxy) is 1. The van der Waals surface area contributed by atoms with Gasteiger partial charge in [0, 0.05) is 6.04 Å². The highest BCUT2D eigenvalue weighted by molar-refractivity contribution is 5.41. The van der Waals surface area contributed by atoms with Crippen LogP contribution in [0.4, 0.5) is 0 Å². The number of fused-ring (bicyclic) bond motifs is 1. The van der Waals surface area contributed by atoms with Crippen molar-refractivity contribution in [2.24, 2.45) is 0 Å². The van der Waals surface area contributed by atoms with Crippen LogP contribution in [0.15, 0.2) is 72.8 Å². The summed E-state index contributed by atoms with van der Waals surface area (Å²) < 4.78 is 5.48. The van der Waals surface area contributed by atoms with E-state index in [1.807, 2.05) is 0 Å². The van der Waals surface area contributed by atoms with Crippen molar-refractivity contribution >= 4 is 0 Å². The monoisotopic (exact) mass is 343 g/mol. The lowest BCUT2D eigenvalue weighted by atomic mass is 9.88. The first-order valence-corrected chi connectivity index (χ1v) is 9.34. The van der Waals surface area contributed by atoms with Gasteiger partial charge in [-0.15, -0.1) is 0 Å². The highest BCUT2D eigenvalue weighted by Gasteiger charge is 2.20. The maximum Gasteiger partial charge on any atom is 0.119 e. The molecule has 0 aromatic heterocycles. The fourth-order valence-electron chi connectivity index (χ4n) is 3.90. The molecule has 2 nitrogen and oxygen atoms in total. The standard InChI is InChI=1S/C24H25NO/c1-26-22-12-11-20(21(16-22)15-18-7-3-2-4-8-18)17-24-23-10-6-5-9-19(23)13-14-25-24/h2-12,16,24-25H,13-15,17H2,1H3. The Morgan fingerprint density at radius 1 is 0.923 bits per heavy atom. The van der Waals surface area contributed by atoms with E-state index in [2.05, 4.69) is 78.1 Å². The smallest absolute Gasteiger partial charge is 0.119 e. The van der Waals surface area contributed by atoms with E-state index in [-0.39, 0.29) is 0 Å². The van der Waals surface area contributed by atoms with Gasteiger partial charge in [-0.2, -0.15) is 0 Å². The van der Waals surface area contributed by atoms with Gasteiger partial charge in [-0.3, -0.25) is 0 Å². The summed E-state index contributed by atoms with van der Waals surface area (Å²) in [6.45, 7) is 1.05. The minimum absolute atomic E-state index is 0.378. The molecule has 1 heterocycles. The number of nitrogens with one attached hydrogen (secondary N) is 1. The van der Waals surface area contributed by atoms with Crippen molar-refractivity contribution in [1.82, 2.24) is 5.32 Å². The van der Waals surface area contributed by atoms with Gasteiger partial charge in [-0.05, 0) is 65.8 Å². The Morgan fingerprint density at radius 2 is 1.73 bits per heavy atom. The molecule has 3 aromatic rings. The van der Waals surface area contributed by atoms with E-state index >= 15 is 0 Å². The number of hydrogen-bond donors (Lipinski definition) is 1. The average Bonchev–Trinajstić information content (AvgIpc) is 2.70. The van der Waals surface area contributed by atoms with Gasteiger partial charge in [0.1, 0.15) is 5.75 Å². The lowest BCUT2D eigenvalue weighted by Gasteiger charge is -2.28. The first kappa shape index (κ1) is 16.9. The highest BCUT2D eigenvalue weighted by Crippen LogP contribution is 2.29. The Balaban J connectivity index is 1.64. The largest absolute Gasteiger partial charge is 0.497 e. The third-order valence-corrected chi connectivity index (χ3v) is 5.29. The number of benzene rings is 3. The molecule has 4 rings (SSSR count). The molecule has 0 radical (unpaired) electrons. The van der Waals surface area contributed by atoms with Crippen molar-refractivity contribution < 1.29 is 4.74 Å². The summed E-state index contributed by atoms with van der Waals surface area (Å²) in [6, 6.07) is 26.4. The Bertz CT molecular complexity index is 872. The number of hydrogen-bond acceptors (Lipinski definition) is 2. The van der Waals surface area contributed by atoms with Crippen LogP contribution in [0.25, 0.3) is 0 Å². The van der Waals surface area contributed by atoms with Gasteiger partial charge < -0.3 is 10.1 Å². The second kappa shape index (κ2) is 7.76. The molecule has 1 unspecified atom stereocenters. The molecule has 0 spiro atoms. The zero-order valence-electron chi connectivity index (χ0n) is 15.2. The number of methoxy groups -OCH3 is 1. The summed E-state index contributed by atoms with van der Waals surface area (Å²) in [4.78, 5) is 0. The van der Waals surface area contributed by atoms with Crippen molar-refractivity contribution in [3.05, 3.63) is 101 Å². The van der Waals surface area contributed by atoms with E-state index in [1.165, 1.54) is 27.8 Å². The minimum Gasteiger partial charge on any atom is -0.497 e. The van der Waals surface area contributed by atoms with Crippen LogP contribution in [0.5, 0.6) is 5.75 Å².